The molecule has 1 aliphatic heterocycles. The van der Waals surface area contributed by atoms with Crippen molar-refractivity contribution in [3.05, 3.63) is 105 Å². The zero-order valence-corrected chi connectivity index (χ0v) is 21.2. The quantitative estimate of drug-likeness (QED) is 0.153. The summed E-state index contributed by atoms with van der Waals surface area (Å²) >= 11 is 14.7. The van der Waals surface area contributed by atoms with Crippen LogP contribution in [-0.2, 0) is 10.5 Å². The number of Topliss-reactive ketones (excluding diaryl/α,β-unsaturated/α-hetero) is 1. The molecule has 0 aliphatic carbocycles. The number of ketones is 1. The minimum absolute atomic E-state index is 0.0494. The summed E-state index contributed by atoms with van der Waals surface area (Å²) in [5, 5.41) is 20.2. The molecule has 3 heterocycles. The van der Waals surface area contributed by atoms with Gasteiger partial charge < -0.3 is 9.52 Å². The Morgan fingerprint density at radius 1 is 1.17 bits per heavy atom. The lowest BCUT2D eigenvalue weighted by atomic mass is 9.95. The third-order valence-corrected chi connectivity index (χ3v) is 8.04. The third-order valence-electron chi connectivity index (χ3n) is 5.35. The summed E-state index contributed by atoms with van der Waals surface area (Å²) in [5.74, 6) is -2.29. The van der Waals surface area contributed by atoms with E-state index in [4.69, 9.17) is 27.6 Å². The van der Waals surface area contributed by atoms with Crippen LogP contribution in [0.5, 0.6) is 0 Å². The second kappa shape index (κ2) is 10.1. The van der Waals surface area contributed by atoms with Crippen molar-refractivity contribution in [1.29, 1.82) is 0 Å². The van der Waals surface area contributed by atoms with Gasteiger partial charge >= 0.3 is 0 Å². The smallest absolute Gasteiger partial charge is 0.296 e. The second-order valence-electron chi connectivity index (χ2n) is 7.57. The molecular formula is C24H14Cl2FN3O4S2. The second-order valence-corrected chi connectivity index (χ2v) is 10.6. The molecule has 182 valence electrons. The molecule has 12 heteroatoms. The van der Waals surface area contributed by atoms with Gasteiger partial charge in [0.05, 0.1) is 17.9 Å². The number of nitrogens with zero attached hydrogens (tertiary/aromatic N) is 3. The van der Waals surface area contributed by atoms with Gasteiger partial charge in [0, 0.05) is 15.8 Å². The Morgan fingerprint density at radius 3 is 2.64 bits per heavy atom. The Labute approximate surface area is 222 Å². The van der Waals surface area contributed by atoms with Crippen molar-refractivity contribution in [1.82, 2.24) is 10.2 Å². The van der Waals surface area contributed by atoms with Crippen molar-refractivity contribution in [3.8, 4) is 0 Å². The largest absolute Gasteiger partial charge is 0.503 e. The molecule has 0 fully saturated rings. The van der Waals surface area contributed by atoms with Crippen LogP contribution in [0.2, 0.25) is 10.0 Å². The van der Waals surface area contributed by atoms with Crippen molar-refractivity contribution < 1.29 is 23.5 Å². The lowest BCUT2D eigenvalue weighted by Crippen LogP contribution is -2.31. The van der Waals surface area contributed by atoms with Crippen LogP contribution in [0.1, 0.15) is 27.7 Å². The van der Waals surface area contributed by atoms with Gasteiger partial charge in [-0.2, -0.15) is 0 Å². The average Bonchev–Trinajstić information content (AvgIpc) is 3.60. The summed E-state index contributed by atoms with van der Waals surface area (Å²) < 4.78 is 19.4. The predicted molar refractivity (Wildman–Crippen MR) is 135 cm³/mol. The van der Waals surface area contributed by atoms with E-state index >= 15 is 0 Å². The first kappa shape index (κ1) is 24.5. The monoisotopic (exact) mass is 561 g/mol. The molecule has 1 atom stereocenters. The van der Waals surface area contributed by atoms with Crippen LogP contribution >= 0.6 is 46.3 Å². The number of carbonyl (C=O) groups excluding carboxylic acids is 2. The highest BCUT2D eigenvalue weighted by atomic mass is 35.5. The Bertz CT molecular complexity index is 1490. The van der Waals surface area contributed by atoms with Crippen LogP contribution in [0, 0.1) is 5.82 Å². The molecule has 2 aromatic carbocycles. The molecule has 1 unspecified atom stereocenters. The van der Waals surface area contributed by atoms with Gasteiger partial charge in [-0.1, -0.05) is 64.5 Å². The van der Waals surface area contributed by atoms with E-state index in [1.54, 1.807) is 12.1 Å². The zero-order valence-electron chi connectivity index (χ0n) is 18.0. The number of rotatable bonds is 7. The van der Waals surface area contributed by atoms with E-state index in [2.05, 4.69) is 10.2 Å². The topological polar surface area (TPSA) is 96.5 Å². The van der Waals surface area contributed by atoms with E-state index in [-0.39, 0.29) is 16.5 Å². The summed E-state index contributed by atoms with van der Waals surface area (Å²) in [7, 11) is 0. The number of hydrogen-bond donors (Lipinski definition) is 1. The number of furan rings is 1. The van der Waals surface area contributed by atoms with E-state index in [0.29, 0.717) is 25.7 Å². The summed E-state index contributed by atoms with van der Waals surface area (Å²) in [4.78, 5) is 27.5. The molecule has 4 aromatic rings. The van der Waals surface area contributed by atoms with E-state index in [1.807, 2.05) is 6.07 Å². The molecule has 1 amide bonds. The van der Waals surface area contributed by atoms with Crippen molar-refractivity contribution in [2.75, 3.05) is 4.90 Å². The fraction of sp³-hybridized carbons (Fsp3) is 0.0833. The summed E-state index contributed by atoms with van der Waals surface area (Å²) in [6.07, 6.45) is 1.31. The van der Waals surface area contributed by atoms with E-state index < -0.39 is 29.3 Å². The maximum absolute atomic E-state index is 13.6. The maximum atomic E-state index is 13.6. The SMILES string of the molecule is O=C(C1=C(O)C(=O)N(c2nnc(SCc3ccc(Cl)cc3Cl)s2)C1c1ccc(F)cc1)c1ccco1. The van der Waals surface area contributed by atoms with Gasteiger partial charge in [0.2, 0.25) is 10.9 Å². The van der Waals surface area contributed by atoms with Crippen molar-refractivity contribution in [2.45, 2.75) is 16.1 Å². The van der Waals surface area contributed by atoms with Crippen molar-refractivity contribution >= 4 is 63.1 Å². The van der Waals surface area contributed by atoms with Crippen LogP contribution in [0.4, 0.5) is 9.52 Å². The fourth-order valence-electron chi connectivity index (χ4n) is 3.67. The molecule has 36 heavy (non-hydrogen) atoms. The number of benzene rings is 2. The van der Waals surface area contributed by atoms with Gasteiger partial charge in [-0.25, -0.2) is 4.39 Å². The molecule has 7 nitrogen and oxygen atoms in total. The minimum atomic E-state index is -1.06. The summed E-state index contributed by atoms with van der Waals surface area (Å²) in [6, 6.07) is 12.4. The standard InChI is InChI=1S/C24H14Cl2FN3O4S2/c25-14-6-3-13(16(26)10-14)11-35-24-29-28-23(36-24)30-19(12-4-7-15(27)8-5-12)18(21(32)22(30)33)20(31)17-2-1-9-34-17/h1-10,19,32H,11H2. The maximum Gasteiger partial charge on any atom is 0.296 e. The van der Waals surface area contributed by atoms with Crippen molar-refractivity contribution in [3.63, 3.8) is 0 Å². The third kappa shape index (κ3) is 4.64. The highest BCUT2D eigenvalue weighted by Gasteiger charge is 2.46. The first-order valence-electron chi connectivity index (χ1n) is 10.3. The number of amides is 1. The molecule has 1 aliphatic rings. The van der Waals surface area contributed by atoms with Crippen molar-refractivity contribution in [2.24, 2.45) is 0 Å². The summed E-state index contributed by atoms with van der Waals surface area (Å²) in [5.41, 5.74) is 1.05. The van der Waals surface area contributed by atoms with E-state index in [0.717, 1.165) is 16.9 Å². The van der Waals surface area contributed by atoms with E-state index in [9.17, 15) is 19.1 Å². The molecule has 2 aromatic heterocycles. The molecule has 0 bridgehead atoms. The Morgan fingerprint density at radius 2 is 1.94 bits per heavy atom. The first-order valence-corrected chi connectivity index (χ1v) is 12.9. The first-order chi connectivity index (χ1) is 17.3. The van der Waals surface area contributed by atoms with Crippen LogP contribution in [0.25, 0.3) is 0 Å². The molecule has 5 rings (SSSR count). The van der Waals surface area contributed by atoms with Crippen LogP contribution in [0.3, 0.4) is 0 Å². The number of hydrogen-bond acceptors (Lipinski definition) is 8. The molecule has 0 radical (unpaired) electrons. The van der Waals surface area contributed by atoms with Gasteiger partial charge in [-0.3, -0.25) is 14.5 Å². The normalized spacial score (nSPS) is 15.7. The number of halogens is 3. The lowest BCUT2D eigenvalue weighted by Gasteiger charge is -2.23. The number of anilines is 1. The van der Waals surface area contributed by atoms with Crippen LogP contribution in [-0.4, -0.2) is 27.0 Å². The summed E-state index contributed by atoms with van der Waals surface area (Å²) in [6.45, 7) is 0. The Balaban J connectivity index is 1.48. The number of aromatic nitrogens is 2. The van der Waals surface area contributed by atoms with E-state index in [1.165, 1.54) is 59.3 Å². The molecule has 0 spiro atoms. The van der Waals surface area contributed by atoms with Crippen LogP contribution < -0.4 is 4.90 Å². The molecule has 1 N–H and O–H groups in total. The van der Waals surface area contributed by atoms with Gasteiger partial charge in [-0.15, -0.1) is 10.2 Å². The Kier molecular flexibility index (Phi) is 6.85. The lowest BCUT2D eigenvalue weighted by molar-refractivity contribution is -0.117. The zero-order chi connectivity index (χ0) is 25.4. The molecule has 0 saturated carbocycles. The minimum Gasteiger partial charge on any atom is -0.503 e. The van der Waals surface area contributed by atoms with Gasteiger partial charge in [0.15, 0.2) is 15.9 Å². The predicted octanol–water partition coefficient (Wildman–Crippen LogP) is 6.65. The van der Waals surface area contributed by atoms with Crippen LogP contribution in [0.15, 0.2) is 80.9 Å². The highest BCUT2D eigenvalue weighted by Crippen LogP contribution is 2.44. The average molecular weight is 562 g/mol. The highest BCUT2D eigenvalue weighted by molar-refractivity contribution is 8.00. The molecular weight excluding hydrogens is 548 g/mol. The van der Waals surface area contributed by atoms with Gasteiger partial charge in [0.1, 0.15) is 5.82 Å². The number of aliphatic hydroxyl groups is 1. The Hall–Kier alpha value is -3.18. The molecule has 0 saturated heterocycles. The number of carbonyl (C=O) groups is 2. The number of aliphatic hydroxyl groups excluding tert-OH is 1. The number of thioether (sulfide) groups is 1. The van der Waals surface area contributed by atoms with Gasteiger partial charge in [-0.05, 0) is 47.5 Å². The van der Waals surface area contributed by atoms with Gasteiger partial charge in [0.25, 0.3) is 5.91 Å². The fourth-order valence-corrected chi connectivity index (χ4v) is 6.10.